The average Bonchev–Trinajstić information content (AvgIpc) is 2.76. The zero-order valence-electron chi connectivity index (χ0n) is 12.9. The summed E-state index contributed by atoms with van der Waals surface area (Å²) in [6.07, 6.45) is 7.18. The van der Waals surface area contributed by atoms with E-state index in [0.717, 1.165) is 32.0 Å². The van der Waals surface area contributed by atoms with Crippen LogP contribution in [0, 0.1) is 17.3 Å². The van der Waals surface area contributed by atoms with Gasteiger partial charge in [0.1, 0.15) is 0 Å². The Labute approximate surface area is 118 Å². The van der Waals surface area contributed by atoms with Crippen molar-refractivity contribution >= 4 is 5.91 Å². The van der Waals surface area contributed by atoms with E-state index < -0.39 is 0 Å². The number of rotatable bonds is 4. The van der Waals surface area contributed by atoms with Crippen LogP contribution < -0.4 is 5.32 Å². The second kappa shape index (κ2) is 6.25. The lowest BCUT2D eigenvalue weighted by molar-refractivity contribution is -0.139. The zero-order valence-corrected chi connectivity index (χ0v) is 12.9. The highest BCUT2D eigenvalue weighted by atomic mass is 16.2. The molecule has 1 saturated carbocycles. The molecule has 0 aromatic heterocycles. The van der Waals surface area contributed by atoms with Gasteiger partial charge in [-0.3, -0.25) is 4.79 Å². The minimum absolute atomic E-state index is 0.222. The van der Waals surface area contributed by atoms with Crippen LogP contribution in [0.3, 0.4) is 0 Å². The molecule has 1 aliphatic carbocycles. The zero-order chi connectivity index (χ0) is 13.9. The quantitative estimate of drug-likeness (QED) is 0.848. The largest absolute Gasteiger partial charge is 0.342 e. The van der Waals surface area contributed by atoms with E-state index in [9.17, 15) is 4.79 Å². The number of hydrogen-bond acceptors (Lipinski definition) is 2. The van der Waals surface area contributed by atoms with E-state index in [-0.39, 0.29) is 11.3 Å². The summed E-state index contributed by atoms with van der Waals surface area (Å²) in [4.78, 5) is 14.8. The van der Waals surface area contributed by atoms with Gasteiger partial charge in [0.15, 0.2) is 0 Å². The van der Waals surface area contributed by atoms with Crippen molar-refractivity contribution in [3.63, 3.8) is 0 Å². The van der Waals surface area contributed by atoms with Gasteiger partial charge in [0, 0.05) is 19.0 Å². The Kier molecular flexibility index (Phi) is 4.88. The molecule has 3 nitrogen and oxygen atoms in total. The van der Waals surface area contributed by atoms with Crippen molar-refractivity contribution in [3.8, 4) is 0 Å². The molecule has 0 aromatic rings. The normalized spacial score (nSPS) is 27.7. The number of likely N-dealkylation sites (tertiary alicyclic amines) is 1. The molecule has 1 N–H and O–H groups in total. The summed E-state index contributed by atoms with van der Waals surface area (Å²) in [5.74, 6) is 1.53. The van der Waals surface area contributed by atoms with Gasteiger partial charge in [-0.2, -0.15) is 0 Å². The van der Waals surface area contributed by atoms with Crippen LogP contribution in [-0.4, -0.2) is 37.5 Å². The van der Waals surface area contributed by atoms with Gasteiger partial charge in [-0.1, -0.05) is 20.3 Å². The molecule has 1 heterocycles. The van der Waals surface area contributed by atoms with Crippen LogP contribution >= 0.6 is 0 Å². The summed E-state index contributed by atoms with van der Waals surface area (Å²) < 4.78 is 0. The van der Waals surface area contributed by atoms with E-state index in [1.807, 2.05) is 7.05 Å². The van der Waals surface area contributed by atoms with Crippen molar-refractivity contribution in [1.82, 2.24) is 10.2 Å². The van der Waals surface area contributed by atoms with Crippen LogP contribution in [0.15, 0.2) is 0 Å². The van der Waals surface area contributed by atoms with E-state index in [1.54, 1.807) is 0 Å². The van der Waals surface area contributed by atoms with Gasteiger partial charge in [-0.15, -0.1) is 0 Å². The van der Waals surface area contributed by atoms with E-state index >= 15 is 0 Å². The summed E-state index contributed by atoms with van der Waals surface area (Å²) in [5.41, 5.74) is 0.222. The molecule has 0 radical (unpaired) electrons. The van der Waals surface area contributed by atoms with Gasteiger partial charge in [0.2, 0.25) is 5.91 Å². The number of hydrogen-bond donors (Lipinski definition) is 1. The fraction of sp³-hybridized carbons (Fsp3) is 0.938. The fourth-order valence-electron chi connectivity index (χ4n) is 3.80. The molecule has 1 aliphatic heterocycles. The van der Waals surface area contributed by atoms with Crippen LogP contribution in [0.1, 0.15) is 52.4 Å². The Morgan fingerprint density at radius 3 is 2.47 bits per heavy atom. The SMILES string of the molecule is CNCCC1CCN(C(=O)C2CCCC2(C)C)CC1. The summed E-state index contributed by atoms with van der Waals surface area (Å²) in [6, 6.07) is 0. The van der Waals surface area contributed by atoms with Crippen molar-refractivity contribution < 1.29 is 4.79 Å². The average molecular weight is 266 g/mol. The lowest BCUT2D eigenvalue weighted by Gasteiger charge is -2.36. The molecular weight excluding hydrogens is 236 g/mol. The molecule has 2 fully saturated rings. The Balaban J connectivity index is 1.82. The second-order valence-electron chi connectivity index (χ2n) is 7.09. The highest BCUT2D eigenvalue weighted by molar-refractivity contribution is 5.80. The van der Waals surface area contributed by atoms with Gasteiger partial charge >= 0.3 is 0 Å². The molecule has 1 unspecified atom stereocenters. The maximum Gasteiger partial charge on any atom is 0.226 e. The molecule has 1 saturated heterocycles. The maximum atomic E-state index is 12.7. The summed E-state index contributed by atoms with van der Waals surface area (Å²) in [5, 5.41) is 3.22. The molecule has 2 aliphatic rings. The number of carbonyl (C=O) groups excluding carboxylic acids is 1. The van der Waals surface area contributed by atoms with Gasteiger partial charge < -0.3 is 10.2 Å². The van der Waals surface area contributed by atoms with Crippen molar-refractivity contribution in [3.05, 3.63) is 0 Å². The van der Waals surface area contributed by atoms with E-state index in [4.69, 9.17) is 0 Å². The summed E-state index contributed by atoms with van der Waals surface area (Å²) in [6.45, 7) is 7.61. The monoisotopic (exact) mass is 266 g/mol. The van der Waals surface area contributed by atoms with Crippen LogP contribution in [0.5, 0.6) is 0 Å². The Morgan fingerprint density at radius 2 is 1.95 bits per heavy atom. The summed E-state index contributed by atoms with van der Waals surface area (Å²) in [7, 11) is 2.01. The molecule has 0 spiro atoms. The van der Waals surface area contributed by atoms with Crippen LogP contribution in [0.25, 0.3) is 0 Å². The molecule has 1 atom stereocenters. The minimum Gasteiger partial charge on any atom is -0.342 e. The van der Waals surface area contributed by atoms with Crippen molar-refractivity contribution in [2.24, 2.45) is 17.3 Å². The minimum atomic E-state index is 0.222. The van der Waals surface area contributed by atoms with Gasteiger partial charge in [0.25, 0.3) is 0 Å². The third-order valence-corrected chi connectivity index (χ3v) is 5.28. The van der Waals surface area contributed by atoms with E-state index in [1.165, 1.54) is 32.1 Å². The highest BCUT2D eigenvalue weighted by Crippen LogP contribution is 2.43. The molecule has 110 valence electrons. The number of nitrogens with one attached hydrogen (secondary N) is 1. The predicted molar refractivity (Wildman–Crippen MR) is 79.0 cm³/mol. The smallest absolute Gasteiger partial charge is 0.226 e. The standard InChI is InChI=1S/C16H30N2O/c1-16(2)9-4-5-14(16)15(19)18-11-7-13(8-12-18)6-10-17-3/h13-14,17H,4-12H2,1-3H3. The second-order valence-corrected chi connectivity index (χ2v) is 7.09. The third-order valence-electron chi connectivity index (χ3n) is 5.28. The Bertz CT molecular complexity index is 306. The maximum absolute atomic E-state index is 12.7. The highest BCUT2D eigenvalue weighted by Gasteiger charge is 2.41. The first kappa shape index (κ1) is 14.8. The number of nitrogens with zero attached hydrogens (tertiary/aromatic N) is 1. The van der Waals surface area contributed by atoms with Crippen LogP contribution in [0.4, 0.5) is 0 Å². The number of piperidine rings is 1. The van der Waals surface area contributed by atoms with Crippen LogP contribution in [0.2, 0.25) is 0 Å². The topological polar surface area (TPSA) is 32.3 Å². The molecule has 0 bridgehead atoms. The van der Waals surface area contributed by atoms with E-state index in [0.29, 0.717) is 5.91 Å². The molecule has 3 heteroatoms. The fourth-order valence-corrected chi connectivity index (χ4v) is 3.80. The first-order valence-electron chi connectivity index (χ1n) is 7.98. The van der Waals surface area contributed by atoms with Gasteiger partial charge in [0.05, 0.1) is 0 Å². The predicted octanol–water partition coefficient (Wildman–Crippen LogP) is 2.66. The first-order chi connectivity index (χ1) is 9.04. The Morgan fingerprint density at radius 1 is 1.26 bits per heavy atom. The Hall–Kier alpha value is -0.570. The van der Waals surface area contributed by atoms with E-state index in [2.05, 4.69) is 24.1 Å². The first-order valence-corrected chi connectivity index (χ1v) is 7.98. The molecule has 0 aromatic carbocycles. The van der Waals surface area contributed by atoms with Crippen LogP contribution in [-0.2, 0) is 4.79 Å². The molecule has 1 amide bonds. The number of carbonyl (C=O) groups is 1. The third kappa shape index (κ3) is 3.50. The van der Waals surface area contributed by atoms with Gasteiger partial charge in [-0.05, 0) is 57.0 Å². The molecule has 2 rings (SSSR count). The van der Waals surface area contributed by atoms with Gasteiger partial charge in [-0.25, -0.2) is 0 Å². The van der Waals surface area contributed by atoms with Crippen molar-refractivity contribution in [1.29, 1.82) is 0 Å². The van der Waals surface area contributed by atoms with Crippen molar-refractivity contribution in [2.75, 3.05) is 26.7 Å². The molecule has 19 heavy (non-hydrogen) atoms. The lowest BCUT2D eigenvalue weighted by Crippen LogP contribution is -2.44. The van der Waals surface area contributed by atoms with Crippen molar-refractivity contribution in [2.45, 2.75) is 52.4 Å². The summed E-state index contributed by atoms with van der Waals surface area (Å²) >= 11 is 0. The lowest BCUT2D eigenvalue weighted by atomic mass is 9.80. The molecular formula is C16H30N2O. The number of amides is 1.